The molecule has 9 fully saturated rings. The summed E-state index contributed by atoms with van der Waals surface area (Å²) in [4.78, 5) is 12.4. The smallest absolute Gasteiger partial charge is 0.201 e. The molecule has 2 unspecified atom stereocenters. The van der Waals surface area contributed by atoms with Gasteiger partial charge in [-0.25, -0.2) is 9.78 Å². The van der Waals surface area contributed by atoms with Gasteiger partial charge in [0.05, 0.1) is 12.2 Å². The molecule has 5 saturated carbocycles. The normalized spacial score (nSPS) is 58.3. The highest BCUT2D eigenvalue weighted by Gasteiger charge is 2.70. The molecule has 5 aliphatic carbocycles. The molecule has 46 heavy (non-hydrogen) atoms. The van der Waals surface area contributed by atoms with Gasteiger partial charge in [-0.05, 0) is 149 Å². The zero-order chi connectivity index (χ0) is 32.2. The molecule has 0 radical (unpaired) electrons. The maximum Gasteiger partial charge on any atom is 0.201 e. The molecule has 4 aliphatic heterocycles. The summed E-state index contributed by atoms with van der Waals surface area (Å²) < 4.78 is 20.5. The molecular formula is C39H64O7. The van der Waals surface area contributed by atoms with Crippen molar-refractivity contribution in [3.05, 3.63) is 0 Å². The minimum Gasteiger partial charge on any atom is -0.396 e. The molecule has 9 aliphatic rings. The molecule has 7 heteroatoms. The Morgan fingerprint density at radius 3 is 2.46 bits per heavy atom. The van der Waals surface area contributed by atoms with E-state index < -0.39 is 17.7 Å². The van der Waals surface area contributed by atoms with Gasteiger partial charge in [-0.15, -0.1) is 0 Å². The van der Waals surface area contributed by atoms with E-state index in [1.165, 1.54) is 38.5 Å². The average molecular weight is 645 g/mol. The van der Waals surface area contributed by atoms with Gasteiger partial charge in [-0.1, -0.05) is 34.6 Å². The Labute approximate surface area is 278 Å². The van der Waals surface area contributed by atoms with Crippen LogP contribution in [0.4, 0.5) is 0 Å². The molecule has 2 N–H and O–H groups in total. The van der Waals surface area contributed by atoms with Crippen molar-refractivity contribution in [3.8, 4) is 0 Å². The summed E-state index contributed by atoms with van der Waals surface area (Å²) in [7, 11) is 0. The van der Waals surface area contributed by atoms with E-state index in [2.05, 4.69) is 34.6 Å². The minimum absolute atomic E-state index is 0.0205. The molecule has 2 bridgehead atoms. The maximum atomic E-state index is 12.0. The Kier molecular flexibility index (Phi) is 8.32. The van der Waals surface area contributed by atoms with E-state index in [1.54, 1.807) is 0 Å². The number of ether oxygens (including phenoxy) is 3. The third-order valence-electron chi connectivity index (χ3n) is 16.7. The standard InChI is InChI=1S/C39H64O7/c1-22(8-7-19-40)28-13-14-31-27-11-10-25-20-26(15-17-36(25,4)32(27)21-33(41)38(28,31)6)42-34-24(3)30-12-9-23(2)29-16-18-37(5)44-35(43-34)39(29,30)46-45-37/h22-35,40-41H,7-21H2,1-6H3/t22-,23-,24-,25-,26-,27+,28-,29?,30+,31+,32+,33+,34+,35?,36+,37-,38-,39-/m1/s1. The number of hydrogen-bond donors (Lipinski definition) is 2. The van der Waals surface area contributed by atoms with Crippen molar-refractivity contribution in [2.75, 3.05) is 6.61 Å². The van der Waals surface area contributed by atoms with Crippen molar-refractivity contribution in [1.29, 1.82) is 0 Å². The van der Waals surface area contributed by atoms with Crippen LogP contribution in [0.15, 0.2) is 0 Å². The first-order valence-corrected chi connectivity index (χ1v) is 19.6. The van der Waals surface area contributed by atoms with E-state index in [-0.39, 0.29) is 41.9 Å². The first kappa shape index (κ1) is 32.9. The summed E-state index contributed by atoms with van der Waals surface area (Å²) in [5.74, 6) is 4.42. The van der Waals surface area contributed by atoms with E-state index in [4.69, 9.17) is 24.0 Å². The van der Waals surface area contributed by atoms with Crippen LogP contribution in [0.3, 0.4) is 0 Å². The number of hydrogen-bond acceptors (Lipinski definition) is 7. The fourth-order valence-electron chi connectivity index (χ4n) is 14.1. The van der Waals surface area contributed by atoms with Gasteiger partial charge in [0.1, 0.15) is 0 Å². The van der Waals surface area contributed by atoms with Crippen LogP contribution in [0.1, 0.15) is 131 Å². The zero-order valence-electron chi connectivity index (χ0n) is 29.6. The van der Waals surface area contributed by atoms with E-state index >= 15 is 0 Å². The highest BCUT2D eigenvalue weighted by atomic mass is 17.3. The predicted molar refractivity (Wildman–Crippen MR) is 174 cm³/mol. The van der Waals surface area contributed by atoms with Crippen molar-refractivity contribution in [3.63, 3.8) is 0 Å². The second kappa shape index (κ2) is 11.6. The van der Waals surface area contributed by atoms with Crippen LogP contribution in [0.5, 0.6) is 0 Å². The summed E-state index contributed by atoms with van der Waals surface area (Å²) in [6, 6.07) is 0. The molecule has 9 rings (SSSR count). The average Bonchev–Trinajstić information content (AvgIpc) is 3.24. The number of aliphatic hydroxyl groups is 2. The van der Waals surface area contributed by atoms with Gasteiger partial charge in [0.15, 0.2) is 18.2 Å². The number of rotatable bonds is 6. The monoisotopic (exact) mass is 644 g/mol. The third kappa shape index (κ3) is 4.67. The Morgan fingerprint density at radius 2 is 1.65 bits per heavy atom. The van der Waals surface area contributed by atoms with Crippen LogP contribution in [-0.2, 0) is 24.0 Å². The largest absolute Gasteiger partial charge is 0.396 e. The molecule has 0 aromatic carbocycles. The van der Waals surface area contributed by atoms with Crippen LogP contribution in [0.25, 0.3) is 0 Å². The SMILES string of the molecule is C[C@H]1[C@@H](O[C@@H]2CC[C@@]3(C)[C@H](CC[C@@H]4[C@@H]3C[C@H](O)[C@]3(C)[C@@H]([C@H](C)CCCO)CC[C@@H]43)C2)OC2O[C@@]3(C)CCC4[C@H](C)CC[C@@H]1[C@@]24OO3. The molecule has 1 spiro atoms. The van der Waals surface area contributed by atoms with E-state index in [1.807, 2.05) is 6.92 Å². The molecule has 0 aromatic rings. The Balaban J connectivity index is 0.962. The van der Waals surface area contributed by atoms with E-state index in [0.717, 1.165) is 57.3 Å². The van der Waals surface area contributed by atoms with Crippen molar-refractivity contribution in [2.24, 2.45) is 70.0 Å². The first-order valence-electron chi connectivity index (χ1n) is 19.6. The molecule has 18 atom stereocenters. The molecule has 4 heterocycles. The number of fused-ring (bicyclic) bond motifs is 7. The molecule has 0 aromatic heterocycles. The lowest BCUT2D eigenvalue weighted by Crippen LogP contribution is -2.70. The van der Waals surface area contributed by atoms with Gasteiger partial charge in [-0.3, -0.25) is 0 Å². The molecule has 262 valence electrons. The molecule has 0 amide bonds. The summed E-state index contributed by atoms with van der Waals surface area (Å²) in [5.41, 5.74) is -0.250. The highest BCUT2D eigenvalue weighted by molar-refractivity contribution is 5.13. The molecular weight excluding hydrogens is 580 g/mol. The summed E-state index contributed by atoms with van der Waals surface area (Å²) >= 11 is 0. The van der Waals surface area contributed by atoms with Gasteiger partial charge < -0.3 is 24.4 Å². The third-order valence-corrected chi connectivity index (χ3v) is 16.7. The van der Waals surface area contributed by atoms with Crippen molar-refractivity contribution >= 4 is 0 Å². The lowest BCUT2D eigenvalue weighted by molar-refractivity contribution is -0.578. The van der Waals surface area contributed by atoms with Gasteiger partial charge in [0, 0.05) is 24.9 Å². The van der Waals surface area contributed by atoms with Crippen molar-refractivity contribution in [1.82, 2.24) is 0 Å². The Hall–Kier alpha value is -0.280. The van der Waals surface area contributed by atoms with Gasteiger partial charge in [0.2, 0.25) is 5.79 Å². The Morgan fingerprint density at radius 1 is 0.848 bits per heavy atom. The van der Waals surface area contributed by atoms with Crippen LogP contribution in [0.2, 0.25) is 0 Å². The van der Waals surface area contributed by atoms with Gasteiger partial charge in [0.25, 0.3) is 0 Å². The van der Waals surface area contributed by atoms with Crippen LogP contribution < -0.4 is 0 Å². The molecule has 4 saturated heterocycles. The van der Waals surface area contributed by atoms with Gasteiger partial charge >= 0.3 is 0 Å². The minimum atomic E-state index is -0.759. The predicted octanol–water partition coefficient (Wildman–Crippen LogP) is 7.62. The second-order valence-corrected chi connectivity index (χ2v) is 18.6. The fraction of sp³-hybridized carbons (Fsp3) is 1.00. The maximum absolute atomic E-state index is 12.0. The first-order chi connectivity index (χ1) is 21.9. The molecule has 7 nitrogen and oxygen atoms in total. The van der Waals surface area contributed by atoms with Crippen LogP contribution in [0, 0.1) is 70.0 Å². The van der Waals surface area contributed by atoms with E-state index in [9.17, 15) is 10.2 Å². The summed E-state index contributed by atoms with van der Waals surface area (Å²) in [6.45, 7) is 14.4. The lowest BCUT2D eigenvalue weighted by Gasteiger charge is -2.63. The van der Waals surface area contributed by atoms with Crippen LogP contribution in [-0.4, -0.2) is 53.0 Å². The second-order valence-electron chi connectivity index (χ2n) is 18.6. The fourth-order valence-corrected chi connectivity index (χ4v) is 14.1. The lowest BCUT2D eigenvalue weighted by atomic mass is 9.43. The van der Waals surface area contributed by atoms with Gasteiger partial charge in [-0.2, -0.15) is 0 Å². The van der Waals surface area contributed by atoms with Crippen molar-refractivity contribution in [2.45, 2.75) is 168 Å². The zero-order valence-corrected chi connectivity index (χ0v) is 29.6. The quantitative estimate of drug-likeness (QED) is 0.227. The number of aliphatic hydroxyl groups excluding tert-OH is 2. The Bertz CT molecular complexity index is 1130. The van der Waals surface area contributed by atoms with Crippen molar-refractivity contribution < 1.29 is 34.2 Å². The van der Waals surface area contributed by atoms with Crippen LogP contribution >= 0.6 is 0 Å². The van der Waals surface area contributed by atoms with E-state index in [0.29, 0.717) is 47.3 Å². The highest BCUT2D eigenvalue weighted by Crippen LogP contribution is 2.69. The summed E-state index contributed by atoms with van der Waals surface area (Å²) in [6.07, 6.45) is 14.8. The topological polar surface area (TPSA) is 86.6 Å². The summed E-state index contributed by atoms with van der Waals surface area (Å²) in [5, 5.41) is 21.4.